The Labute approximate surface area is 168 Å². The molecule has 28 heavy (non-hydrogen) atoms. The molecular weight excluding hydrogens is 348 g/mol. The lowest BCUT2D eigenvalue weighted by molar-refractivity contribution is -0.117. The van der Waals surface area contributed by atoms with Crippen molar-refractivity contribution in [1.29, 1.82) is 0 Å². The fourth-order valence-corrected chi connectivity index (χ4v) is 4.79. The zero-order valence-electron chi connectivity index (χ0n) is 17.1. The van der Waals surface area contributed by atoms with Crippen molar-refractivity contribution < 1.29 is 9.90 Å². The van der Waals surface area contributed by atoms with Gasteiger partial charge in [0.05, 0.1) is 6.10 Å². The molecule has 0 spiro atoms. The van der Waals surface area contributed by atoms with E-state index in [0.29, 0.717) is 41.7 Å². The van der Waals surface area contributed by atoms with Gasteiger partial charge in [0, 0.05) is 24.5 Å². The summed E-state index contributed by atoms with van der Waals surface area (Å²) in [5, 5.41) is 13.4. The van der Waals surface area contributed by atoms with Crippen molar-refractivity contribution >= 4 is 5.91 Å². The minimum Gasteiger partial charge on any atom is -0.393 e. The van der Waals surface area contributed by atoms with Gasteiger partial charge in [-0.2, -0.15) is 0 Å². The molecule has 3 rings (SSSR count). The number of allylic oxidation sites excluding steroid dienone is 5. The maximum Gasteiger partial charge on any atom is 0.247 e. The number of carbonyl (C=O) groups is 1. The van der Waals surface area contributed by atoms with Crippen molar-refractivity contribution in [2.45, 2.75) is 46.3 Å². The molecule has 0 bridgehead atoms. The summed E-state index contributed by atoms with van der Waals surface area (Å²) < 4.78 is 0. The third-order valence-electron chi connectivity index (χ3n) is 6.39. The number of carbonyl (C=O) groups excluding carboxylic acids is 1. The number of hydrogen-bond donors (Lipinski definition) is 2. The van der Waals surface area contributed by atoms with Gasteiger partial charge in [0.15, 0.2) is 0 Å². The second-order valence-electron chi connectivity index (χ2n) is 8.41. The Bertz CT molecular complexity index is 753. The van der Waals surface area contributed by atoms with E-state index in [4.69, 9.17) is 0 Å². The van der Waals surface area contributed by atoms with Crippen LogP contribution in [0.2, 0.25) is 0 Å². The fraction of sp³-hybridized carbons (Fsp3) is 0.500. The van der Waals surface area contributed by atoms with Gasteiger partial charge in [0.2, 0.25) is 5.91 Å². The summed E-state index contributed by atoms with van der Waals surface area (Å²) in [5.74, 6) is 2.01. The standard InChI is InChI=1S/C24H32N2O2/c1-16(24(28)26-15-19-8-6-12-25-14-19)7-4-9-20-10-5-11-21-13-17(2)23(27)18(3)22(20)21/h4-9,11-12,14,17-18,20-23,27H,10,13,15H2,1-3H3,(H,26,28)/b9-4+,16-7+/t17-,18+,20+,21+,22-,23+/m1/s1. The van der Waals surface area contributed by atoms with E-state index in [1.807, 2.05) is 31.2 Å². The molecule has 1 heterocycles. The second-order valence-corrected chi connectivity index (χ2v) is 8.41. The van der Waals surface area contributed by atoms with E-state index in [0.717, 1.165) is 18.4 Å². The highest BCUT2D eigenvalue weighted by atomic mass is 16.3. The highest BCUT2D eigenvalue weighted by Crippen LogP contribution is 2.46. The molecule has 1 aromatic rings. The number of pyridine rings is 1. The van der Waals surface area contributed by atoms with E-state index in [1.165, 1.54) is 0 Å². The Hall–Kier alpha value is -2.20. The van der Waals surface area contributed by atoms with E-state index in [2.05, 4.69) is 42.4 Å². The van der Waals surface area contributed by atoms with Crippen LogP contribution in [-0.4, -0.2) is 22.1 Å². The van der Waals surface area contributed by atoms with Crippen LogP contribution < -0.4 is 5.32 Å². The monoisotopic (exact) mass is 380 g/mol. The van der Waals surface area contributed by atoms with Crippen LogP contribution in [0.25, 0.3) is 0 Å². The first-order chi connectivity index (χ1) is 13.5. The molecule has 2 aliphatic carbocycles. The van der Waals surface area contributed by atoms with Gasteiger partial charge in [-0.1, -0.05) is 50.3 Å². The van der Waals surface area contributed by atoms with Gasteiger partial charge < -0.3 is 10.4 Å². The van der Waals surface area contributed by atoms with Crippen LogP contribution >= 0.6 is 0 Å². The highest BCUT2D eigenvalue weighted by Gasteiger charge is 2.42. The van der Waals surface area contributed by atoms with Crippen LogP contribution in [0.5, 0.6) is 0 Å². The van der Waals surface area contributed by atoms with Crippen molar-refractivity contribution in [2.75, 3.05) is 0 Å². The average molecular weight is 381 g/mol. The zero-order chi connectivity index (χ0) is 20.1. The van der Waals surface area contributed by atoms with Crippen molar-refractivity contribution in [1.82, 2.24) is 10.3 Å². The predicted molar refractivity (Wildman–Crippen MR) is 112 cm³/mol. The normalized spacial score (nSPS) is 32.9. The molecule has 0 saturated heterocycles. The van der Waals surface area contributed by atoms with Crippen LogP contribution in [0.4, 0.5) is 0 Å². The van der Waals surface area contributed by atoms with Crippen molar-refractivity contribution in [3.8, 4) is 0 Å². The SMILES string of the molecule is C/C(=C\C=C\[C@H]1CC=C[C@H]2C[C@@H](C)[C@H](O)[C@@H](C)[C@@H]21)C(=O)NCc1cccnc1. The van der Waals surface area contributed by atoms with Crippen LogP contribution in [0.3, 0.4) is 0 Å². The minimum atomic E-state index is -0.223. The number of fused-ring (bicyclic) bond motifs is 1. The predicted octanol–water partition coefficient (Wildman–Crippen LogP) is 4.05. The summed E-state index contributed by atoms with van der Waals surface area (Å²) in [7, 11) is 0. The number of aliphatic hydroxyl groups is 1. The molecule has 2 N–H and O–H groups in total. The van der Waals surface area contributed by atoms with Crippen LogP contribution in [0.15, 0.2) is 60.5 Å². The lowest BCUT2D eigenvalue weighted by Gasteiger charge is -2.46. The Kier molecular flexibility index (Phi) is 6.84. The largest absolute Gasteiger partial charge is 0.393 e. The Morgan fingerprint density at radius 3 is 2.96 bits per heavy atom. The van der Waals surface area contributed by atoms with Gasteiger partial charge in [-0.3, -0.25) is 9.78 Å². The molecular formula is C24H32N2O2. The third kappa shape index (κ3) is 4.79. The summed E-state index contributed by atoms with van der Waals surface area (Å²) in [6.45, 7) is 6.65. The number of nitrogens with zero attached hydrogens (tertiary/aromatic N) is 1. The van der Waals surface area contributed by atoms with Crippen LogP contribution in [0.1, 0.15) is 39.2 Å². The first kappa shape index (κ1) is 20.5. The number of rotatable bonds is 5. The Morgan fingerprint density at radius 1 is 1.39 bits per heavy atom. The lowest BCUT2D eigenvalue weighted by atomic mass is 9.60. The first-order valence-electron chi connectivity index (χ1n) is 10.3. The highest BCUT2D eigenvalue weighted by molar-refractivity contribution is 5.92. The number of aliphatic hydroxyl groups excluding tert-OH is 1. The van der Waals surface area contributed by atoms with E-state index in [-0.39, 0.29) is 12.0 Å². The van der Waals surface area contributed by atoms with Gasteiger partial charge in [-0.25, -0.2) is 0 Å². The quantitative estimate of drug-likeness (QED) is 0.460. The molecule has 150 valence electrons. The van der Waals surface area contributed by atoms with Crippen molar-refractivity contribution in [3.05, 3.63) is 66.0 Å². The van der Waals surface area contributed by atoms with E-state index < -0.39 is 0 Å². The van der Waals surface area contributed by atoms with Crippen LogP contribution in [0, 0.1) is 29.6 Å². The number of aromatic nitrogens is 1. The summed E-state index contributed by atoms with van der Waals surface area (Å²) in [5.41, 5.74) is 1.67. The smallest absolute Gasteiger partial charge is 0.247 e. The summed E-state index contributed by atoms with van der Waals surface area (Å²) >= 11 is 0. The molecule has 0 aromatic carbocycles. The Balaban J connectivity index is 1.59. The van der Waals surface area contributed by atoms with E-state index in [1.54, 1.807) is 12.4 Å². The zero-order valence-corrected chi connectivity index (χ0v) is 17.1. The van der Waals surface area contributed by atoms with Gasteiger partial charge in [0.25, 0.3) is 0 Å². The molecule has 4 heteroatoms. The number of amides is 1. The molecule has 4 nitrogen and oxygen atoms in total. The molecule has 1 saturated carbocycles. The molecule has 2 aliphatic rings. The summed E-state index contributed by atoms with van der Waals surface area (Å²) in [6.07, 6.45) is 16.1. The first-order valence-corrected chi connectivity index (χ1v) is 10.3. The average Bonchev–Trinajstić information content (AvgIpc) is 2.71. The molecule has 0 aliphatic heterocycles. The number of hydrogen-bond acceptors (Lipinski definition) is 3. The van der Waals surface area contributed by atoms with E-state index in [9.17, 15) is 9.90 Å². The maximum absolute atomic E-state index is 12.3. The molecule has 6 atom stereocenters. The third-order valence-corrected chi connectivity index (χ3v) is 6.39. The van der Waals surface area contributed by atoms with Crippen LogP contribution in [-0.2, 0) is 11.3 Å². The summed E-state index contributed by atoms with van der Waals surface area (Å²) in [6, 6.07) is 3.81. The molecule has 1 aromatic heterocycles. The fourth-order valence-electron chi connectivity index (χ4n) is 4.79. The van der Waals surface area contributed by atoms with Gasteiger partial charge >= 0.3 is 0 Å². The van der Waals surface area contributed by atoms with Gasteiger partial charge in [-0.05, 0) is 61.0 Å². The van der Waals surface area contributed by atoms with Gasteiger partial charge in [-0.15, -0.1) is 0 Å². The molecule has 1 amide bonds. The molecule has 0 radical (unpaired) electrons. The lowest BCUT2D eigenvalue weighted by Crippen LogP contribution is -2.44. The topological polar surface area (TPSA) is 62.2 Å². The summed E-state index contributed by atoms with van der Waals surface area (Å²) in [4.78, 5) is 16.3. The Morgan fingerprint density at radius 2 is 2.21 bits per heavy atom. The second kappa shape index (κ2) is 9.33. The van der Waals surface area contributed by atoms with Crippen molar-refractivity contribution in [3.63, 3.8) is 0 Å². The molecule has 0 unspecified atom stereocenters. The van der Waals surface area contributed by atoms with E-state index >= 15 is 0 Å². The van der Waals surface area contributed by atoms with Crippen molar-refractivity contribution in [2.24, 2.45) is 29.6 Å². The molecule has 1 fully saturated rings. The maximum atomic E-state index is 12.3. The van der Waals surface area contributed by atoms with Gasteiger partial charge in [0.1, 0.15) is 0 Å². The minimum absolute atomic E-state index is 0.0646. The number of nitrogens with one attached hydrogen (secondary N) is 1.